The Labute approximate surface area is 194 Å². The normalized spacial score (nSPS) is 9.97. The summed E-state index contributed by atoms with van der Waals surface area (Å²) in [5.74, 6) is -1.06. The van der Waals surface area contributed by atoms with Gasteiger partial charge in [-0.25, -0.2) is 9.59 Å². The van der Waals surface area contributed by atoms with E-state index in [4.69, 9.17) is 9.47 Å². The number of hydrogen-bond donors (Lipinski definition) is 2. The van der Waals surface area contributed by atoms with E-state index in [2.05, 4.69) is 6.92 Å². The molecule has 0 saturated carbocycles. The molecule has 0 spiro atoms. The topological polar surface area (TPSA) is 93.1 Å². The van der Waals surface area contributed by atoms with Crippen LogP contribution in [0.25, 0.3) is 0 Å². The van der Waals surface area contributed by atoms with Crippen LogP contribution in [0.4, 0.5) is 0 Å². The predicted octanol–water partition coefficient (Wildman–Crippen LogP) is 5.88. The molecule has 6 nitrogen and oxygen atoms in total. The lowest BCUT2D eigenvalue weighted by Gasteiger charge is -2.05. The maximum Gasteiger partial charge on any atom is 0.342 e. The van der Waals surface area contributed by atoms with Gasteiger partial charge in [0, 0.05) is 0 Å². The van der Waals surface area contributed by atoms with Gasteiger partial charge < -0.3 is 19.7 Å². The summed E-state index contributed by atoms with van der Waals surface area (Å²) in [5.41, 5.74) is 1.33. The number of benzene rings is 3. The molecule has 0 aliphatic heterocycles. The molecule has 0 amide bonds. The molecule has 6 heteroatoms. The van der Waals surface area contributed by atoms with Gasteiger partial charge in [-0.05, 0) is 36.2 Å². The van der Waals surface area contributed by atoms with Crippen molar-refractivity contribution in [1.29, 1.82) is 0 Å². The summed E-state index contributed by atoms with van der Waals surface area (Å²) in [6.07, 6.45) is 4.28. The zero-order valence-electron chi connectivity index (χ0n) is 18.8. The molecule has 0 aliphatic carbocycles. The SMILES string of the molecule is CCCCCCOC(=O)c1ccccc1O.O=C(OCc1ccccc1)c1ccccc1O. The average molecular weight is 451 g/mol. The van der Waals surface area contributed by atoms with E-state index < -0.39 is 11.9 Å². The van der Waals surface area contributed by atoms with E-state index in [0.717, 1.165) is 31.2 Å². The minimum absolute atomic E-state index is 0.0268. The lowest BCUT2D eigenvalue weighted by atomic mass is 10.2. The summed E-state index contributed by atoms with van der Waals surface area (Å²) < 4.78 is 10.2. The highest BCUT2D eigenvalue weighted by molar-refractivity contribution is 5.92. The highest BCUT2D eigenvalue weighted by atomic mass is 16.5. The second-order valence-corrected chi connectivity index (χ2v) is 7.29. The van der Waals surface area contributed by atoms with Crippen molar-refractivity contribution in [2.75, 3.05) is 6.61 Å². The maximum absolute atomic E-state index is 11.7. The van der Waals surface area contributed by atoms with Crippen molar-refractivity contribution in [3.8, 4) is 11.5 Å². The Morgan fingerprint density at radius 2 is 1.18 bits per heavy atom. The van der Waals surface area contributed by atoms with E-state index in [-0.39, 0.29) is 29.2 Å². The van der Waals surface area contributed by atoms with Crippen LogP contribution in [-0.4, -0.2) is 28.8 Å². The van der Waals surface area contributed by atoms with Crippen molar-refractivity contribution in [2.24, 2.45) is 0 Å². The predicted molar refractivity (Wildman–Crippen MR) is 126 cm³/mol. The minimum atomic E-state index is -0.521. The first-order chi connectivity index (χ1) is 16.0. The fourth-order valence-corrected chi connectivity index (χ4v) is 2.86. The molecule has 0 atom stereocenters. The molecule has 0 unspecified atom stereocenters. The van der Waals surface area contributed by atoms with Crippen LogP contribution in [0.1, 0.15) is 58.9 Å². The van der Waals surface area contributed by atoms with E-state index in [9.17, 15) is 19.8 Å². The standard InChI is InChI=1S/C14H12O3.C13H18O3/c15-13-9-5-4-8-12(13)14(16)17-10-11-6-2-1-3-7-11;1-2-3-4-7-10-16-13(15)11-8-5-6-9-12(11)14/h1-9,15H,10H2;5-6,8-9,14H,2-4,7,10H2,1H3. The molecular weight excluding hydrogens is 420 g/mol. The van der Waals surface area contributed by atoms with E-state index in [1.54, 1.807) is 30.3 Å². The van der Waals surface area contributed by atoms with Gasteiger partial charge in [-0.1, -0.05) is 80.8 Å². The van der Waals surface area contributed by atoms with Gasteiger partial charge in [0.1, 0.15) is 29.2 Å². The highest BCUT2D eigenvalue weighted by Crippen LogP contribution is 2.18. The third kappa shape index (κ3) is 9.07. The molecule has 0 radical (unpaired) electrons. The van der Waals surface area contributed by atoms with Crippen molar-refractivity contribution in [1.82, 2.24) is 0 Å². The number of aromatic hydroxyl groups is 2. The summed E-state index contributed by atoms with van der Waals surface area (Å²) in [6.45, 7) is 2.76. The number of phenols is 2. The molecule has 0 heterocycles. The lowest BCUT2D eigenvalue weighted by molar-refractivity contribution is 0.0466. The third-order valence-corrected chi connectivity index (χ3v) is 4.69. The number of carbonyl (C=O) groups excluding carboxylic acids is 2. The van der Waals surface area contributed by atoms with Crippen molar-refractivity contribution < 1.29 is 29.3 Å². The number of ether oxygens (including phenoxy) is 2. The summed E-state index contributed by atoms with van der Waals surface area (Å²) in [4.78, 5) is 23.2. The van der Waals surface area contributed by atoms with Crippen LogP contribution in [0.5, 0.6) is 11.5 Å². The number of esters is 2. The Morgan fingerprint density at radius 3 is 1.73 bits per heavy atom. The van der Waals surface area contributed by atoms with Crippen molar-refractivity contribution in [3.05, 3.63) is 95.6 Å². The number of phenolic OH excluding ortho intramolecular Hbond substituents is 2. The molecule has 0 aromatic heterocycles. The second-order valence-electron chi connectivity index (χ2n) is 7.29. The van der Waals surface area contributed by atoms with Gasteiger partial charge in [-0.3, -0.25) is 0 Å². The van der Waals surface area contributed by atoms with Crippen LogP contribution in [-0.2, 0) is 16.1 Å². The molecule has 3 aromatic carbocycles. The van der Waals surface area contributed by atoms with Crippen LogP contribution in [0.3, 0.4) is 0 Å². The van der Waals surface area contributed by atoms with Gasteiger partial charge in [0.05, 0.1) is 6.61 Å². The molecule has 0 saturated heterocycles. The Morgan fingerprint density at radius 1 is 0.667 bits per heavy atom. The van der Waals surface area contributed by atoms with Gasteiger partial charge in [0.15, 0.2) is 0 Å². The average Bonchev–Trinajstić information content (AvgIpc) is 2.84. The van der Waals surface area contributed by atoms with Gasteiger partial charge in [0.2, 0.25) is 0 Å². The zero-order chi connectivity index (χ0) is 23.9. The first-order valence-corrected chi connectivity index (χ1v) is 11.0. The zero-order valence-corrected chi connectivity index (χ0v) is 18.8. The first kappa shape index (κ1) is 25.5. The smallest absolute Gasteiger partial charge is 0.342 e. The number of carbonyl (C=O) groups is 2. The Kier molecular flexibility index (Phi) is 11.0. The minimum Gasteiger partial charge on any atom is -0.507 e. The second kappa shape index (κ2) is 14.3. The molecule has 2 N–H and O–H groups in total. The van der Waals surface area contributed by atoms with Crippen LogP contribution in [0, 0.1) is 0 Å². The van der Waals surface area contributed by atoms with Gasteiger partial charge in [-0.15, -0.1) is 0 Å². The largest absolute Gasteiger partial charge is 0.507 e. The van der Waals surface area contributed by atoms with Crippen LogP contribution in [0.2, 0.25) is 0 Å². The Bertz CT molecular complexity index is 1000. The molecule has 0 bridgehead atoms. The van der Waals surface area contributed by atoms with E-state index >= 15 is 0 Å². The van der Waals surface area contributed by atoms with Gasteiger partial charge in [-0.2, -0.15) is 0 Å². The molecule has 0 aliphatic rings. The molecule has 33 heavy (non-hydrogen) atoms. The Balaban J connectivity index is 0.000000234. The summed E-state index contributed by atoms with van der Waals surface area (Å²) >= 11 is 0. The van der Waals surface area contributed by atoms with Gasteiger partial charge >= 0.3 is 11.9 Å². The molecule has 0 fully saturated rings. The molecule has 174 valence electrons. The molecule has 3 aromatic rings. The quantitative estimate of drug-likeness (QED) is 0.312. The summed E-state index contributed by atoms with van der Waals surface area (Å²) in [7, 11) is 0. The monoisotopic (exact) mass is 450 g/mol. The maximum atomic E-state index is 11.7. The number of rotatable bonds is 9. The summed E-state index contributed by atoms with van der Waals surface area (Å²) in [5, 5.41) is 18.9. The van der Waals surface area contributed by atoms with Crippen LogP contribution in [0.15, 0.2) is 78.9 Å². The van der Waals surface area contributed by atoms with Crippen molar-refractivity contribution in [3.63, 3.8) is 0 Å². The van der Waals surface area contributed by atoms with Crippen molar-refractivity contribution in [2.45, 2.75) is 39.2 Å². The Hall–Kier alpha value is -3.80. The number of unbranched alkanes of at least 4 members (excludes halogenated alkanes) is 3. The first-order valence-electron chi connectivity index (χ1n) is 11.0. The molecule has 3 rings (SSSR count). The molecular formula is C27H30O6. The third-order valence-electron chi connectivity index (χ3n) is 4.69. The fourth-order valence-electron chi connectivity index (χ4n) is 2.86. The number of para-hydroxylation sites is 2. The fraction of sp³-hybridized carbons (Fsp3) is 0.259. The van der Waals surface area contributed by atoms with Crippen LogP contribution < -0.4 is 0 Å². The number of hydrogen-bond acceptors (Lipinski definition) is 6. The van der Waals surface area contributed by atoms with E-state index in [0.29, 0.717) is 6.61 Å². The lowest BCUT2D eigenvalue weighted by Crippen LogP contribution is -2.06. The van der Waals surface area contributed by atoms with E-state index in [1.807, 2.05) is 30.3 Å². The van der Waals surface area contributed by atoms with Crippen molar-refractivity contribution >= 4 is 11.9 Å². The summed E-state index contributed by atoms with van der Waals surface area (Å²) in [6, 6.07) is 22.1. The van der Waals surface area contributed by atoms with Crippen LogP contribution >= 0.6 is 0 Å². The van der Waals surface area contributed by atoms with E-state index in [1.165, 1.54) is 18.2 Å². The highest BCUT2D eigenvalue weighted by Gasteiger charge is 2.12. The van der Waals surface area contributed by atoms with Gasteiger partial charge in [0.25, 0.3) is 0 Å².